The van der Waals surface area contributed by atoms with Crippen LogP contribution in [0, 0.1) is 5.82 Å². The maximum atomic E-state index is 13.2. The zero-order valence-electron chi connectivity index (χ0n) is 9.53. The minimum atomic E-state index is -3.40. The number of halogens is 2. The van der Waals surface area contributed by atoms with Gasteiger partial charge in [0, 0.05) is 16.8 Å². The summed E-state index contributed by atoms with van der Waals surface area (Å²) < 4.78 is 39.2. The molecule has 0 saturated heterocycles. The Labute approximate surface area is 115 Å². The highest BCUT2D eigenvalue weighted by atomic mass is 35.5. The zero-order chi connectivity index (χ0) is 13.2. The van der Waals surface area contributed by atoms with Crippen LogP contribution in [-0.4, -0.2) is 25.8 Å². The molecule has 1 heterocycles. The lowest BCUT2D eigenvalue weighted by atomic mass is 10.0. The lowest BCUT2D eigenvalue weighted by Gasteiger charge is -2.25. The van der Waals surface area contributed by atoms with Crippen molar-refractivity contribution in [2.45, 2.75) is 17.4 Å². The molecule has 1 N–H and O–H groups in total. The van der Waals surface area contributed by atoms with Gasteiger partial charge in [0.1, 0.15) is 5.82 Å². The van der Waals surface area contributed by atoms with E-state index in [1.807, 2.05) is 0 Å². The predicted octanol–water partition coefficient (Wildman–Crippen LogP) is 2.52. The topological polar surface area (TPSA) is 46.2 Å². The number of rotatable bonds is 4. The molecule has 0 amide bonds. The molecular weight excluding hydrogens is 297 g/mol. The van der Waals surface area contributed by atoms with Gasteiger partial charge in [0.05, 0.1) is 5.75 Å². The van der Waals surface area contributed by atoms with Gasteiger partial charge in [-0.25, -0.2) is 17.5 Å². The Balaban J connectivity index is 2.25. The SMILES string of the molecule is O=S(=O)(CCCl)NC1CCSc2ccc(F)cc21. The van der Waals surface area contributed by atoms with Gasteiger partial charge in [0.25, 0.3) is 0 Å². The van der Waals surface area contributed by atoms with Crippen molar-refractivity contribution in [3.05, 3.63) is 29.6 Å². The lowest BCUT2D eigenvalue weighted by molar-refractivity contribution is 0.542. The van der Waals surface area contributed by atoms with Gasteiger partial charge in [0.15, 0.2) is 0 Å². The monoisotopic (exact) mass is 309 g/mol. The fourth-order valence-electron chi connectivity index (χ4n) is 1.86. The summed E-state index contributed by atoms with van der Waals surface area (Å²) in [5, 5.41) is 0. The smallest absolute Gasteiger partial charge is 0.212 e. The molecule has 1 aliphatic rings. The average Bonchev–Trinajstić information content (AvgIpc) is 2.29. The molecule has 7 heteroatoms. The number of hydrogen-bond donors (Lipinski definition) is 1. The number of thioether (sulfide) groups is 1. The first-order valence-corrected chi connectivity index (χ1v) is 8.67. The van der Waals surface area contributed by atoms with Crippen molar-refractivity contribution in [1.29, 1.82) is 0 Å². The van der Waals surface area contributed by atoms with Crippen LogP contribution in [0.5, 0.6) is 0 Å². The molecule has 0 aromatic heterocycles. The summed E-state index contributed by atoms with van der Waals surface area (Å²) in [4.78, 5) is 0.932. The summed E-state index contributed by atoms with van der Waals surface area (Å²) >= 11 is 7.06. The van der Waals surface area contributed by atoms with Crippen LogP contribution >= 0.6 is 23.4 Å². The normalized spacial score (nSPS) is 19.6. The number of alkyl halides is 1. The van der Waals surface area contributed by atoms with Crippen LogP contribution in [0.2, 0.25) is 0 Å². The Morgan fingerprint density at radius 1 is 1.50 bits per heavy atom. The van der Waals surface area contributed by atoms with Crippen molar-refractivity contribution in [2.75, 3.05) is 17.4 Å². The van der Waals surface area contributed by atoms with Gasteiger partial charge in [0.2, 0.25) is 10.0 Å². The van der Waals surface area contributed by atoms with Crippen LogP contribution in [0.15, 0.2) is 23.1 Å². The summed E-state index contributed by atoms with van der Waals surface area (Å²) in [5.74, 6) is 0.389. The molecule has 1 atom stereocenters. The molecule has 0 aliphatic carbocycles. The standard InChI is InChI=1S/C11H13ClFNO2S2/c12-4-6-18(15,16)14-10-3-5-17-11-2-1-8(13)7-9(10)11/h1-2,7,10,14H,3-6H2. The van der Waals surface area contributed by atoms with Gasteiger partial charge < -0.3 is 0 Å². The third-order valence-electron chi connectivity index (χ3n) is 2.68. The first-order chi connectivity index (χ1) is 8.52. The van der Waals surface area contributed by atoms with Crippen molar-refractivity contribution in [3.63, 3.8) is 0 Å². The van der Waals surface area contributed by atoms with Crippen LogP contribution in [0.25, 0.3) is 0 Å². The van der Waals surface area contributed by atoms with Gasteiger partial charge in [-0.3, -0.25) is 0 Å². The number of fused-ring (bicyclic) bond motifs is 1. The fraction of sp³-hybridized carbons (Fsp3) is 0.455. The van der Waals surface area contributed by atoms with E-state index in [4.69, 9.17) is 11.6 Å². The lowest BCUT2D eigenvalue weighted by Crippen LogP contribution is -2.33. The summed E-state index contributed by atoms with van der Waals surface area (Å²) in [5.41, 5.74) is 0.712. The predicted molar refractivity (Wildman–Crippen MR) is 72.1 cm³/mol. The largest absolute Gasteiger partial charge is 0.213 e. The highest BCUT2D eigenvalue weighted by Gasteiger charge is 2.25. The van der Waals surface area contributed by atoms with E-state index < -0.39 is 10.0 Å². The Morgan fingerprint density at radius 2 is 2.28 bits per heavy atom. The minimum absolute atomic E-state index is 0.0484. The number of benzene rings is 1. The van der Waals surface area contributed by atoms with Gasteiger partial charge in [-0.05, 0) is 35.9 Å². The summed E-state index contributed by atoms with van der Waals surface area (Å²) in [6.45, 7) is 0. The van der Waals surface area contributed by atoms with Crippen molar-refractivity contribution in [3.8, 4) is 0 Å². The second kappa shape index (κ2) is 5.77. The van der Waals surface area contributed by atoms with Crippen molar-refractivity contribution in [2.24, 2.45) is 0 Å². The Morgan fingerprint density at radius 3 is 3.00 bits per heavy atom. The molecule has 0 bridgehead atoms. The second-order valence-electron chi connectivity index (χ2n) is 4.00. The first-order valence-electron chi connectivity index (χ1n) is 5.50. The summed E-state index contributed by atoms with van der Waals surface area (Å²) in [6, 6.07) is 4.12. The molecule has 0 radical (unpaired) electrons. The van der Waals surface area contributed by atoms with E-state index in [0.29, 0.717) is 12.0 Å². The summed E-state index contributed by atoms with van der Waals surface area (Å²) in [6.07, 6.45) is 0.655. The maximum Gasteiger partial charge on any atom is 0.213 e. The average molecular weight is 310 g/mol. The quantitative estimate of drug-likeness (QED) is 0.869. The maximum absolute atomic E-state index is 13.2. The summed E-state index contributed by atoms with van der Waals surface area (Å²) in [7, 11) is -3.40. The number of sulfonamides is 1. The van der Waals surface area contributed by atoms with E-state index >= 15 is 0 Å². The minimum Gasteiger partial charge on any atom is -0.212 e. The Kier molecular flexibility index (Phi) is 4.53. The number of hydrogen-bond acceptors (Lipinski definition) is 3. The molecule has 100 valence electrons. The highest BCUT2D eigenvalue weighted by molar-refractivity contribution is 7.99. The number of nitrogens with one attached hydrogen (secondary N) is 1. The molecule has 1 unspecified atom stereocenters. The van der Waals surface area contributed by atoms with Crippen molar-refractivity contribution >= 4 is 33.4 Å². The molecule has 2 rings (SSSR count). The van der Waals surface area contributed by atoms with Crippen LogP contribution < -0.4 is 4.72 Å². The molecule has 0 spiro atoms. The first kappa shape index (κ1) is 14.1. The fourth-order valence-corrected chi connectivity index (χ4v) is 4.58. The third kappa shape index (κ3) is 3.38. The molecule has 0 saturated carbocycles. The van der Waals surface area contributed by atoms with E-state index in [1.165, 1.54) is 12.1 Å². The van der Waals surface area contributed by atoms with Gasteiger partial charge >= 0.3 is 0 Å². The molecular formula is C11H13ClFNO2S2. The van der Waals surface area contributed by atoms with Gasteiger partial charge in [-0.15, -0.1) is 23.4 Å². The van der Waals surface area contributed by atoms with Crippen molar-refractivity contribution < 1.29 is 12.8 Å². The molecule has 1 aliphatic heterocycles. The van der Waals surface area contributed by atoms with E-state index in [9.17, 15) is 12.8 Å². The Bertz CT molecular complexity index is 536. The van der Waals surface area contributed by atoms with Gasteiger partial charge in [-0.2, -0.15) is 0 Å². The van der Waals surface area contributed by atoms with E-state index in [2.05, 4.69) is 4.72 Å². The molecule has 18 heavy (non-hydrogen) atoms. The Hall–Kier alpha value is -0.300. The van der Waals surface area contributed by atoms with Crippen LogP contribution in [-0.2, 0) is 10.0 Å². The molecule has 0 fully saturated rings. The van der Waals surface area contributed by atoms with E-state index in [1.54, 1.807) is 17.8 Å². The second-order valence-corrected chi connectivity index (χ2v) is 7.39. The molecule has 1 aromatic carbocycles. The highest BCUT2D eigenvalue weighted by Crippen LogP contribution is 2.36. The van der Waals surface area contributed by atoms with Gasteiger partial charge in [-0.1, -0.05) is 0 Å². The molecule has 1 aromatic rings. The van der Waals surface area contributed by atoms with E-state index in [-0.39, 0.29) is 23.5 Å². The molecule has 3 nitrogen and oxygen atoms in total. The third-order valence-corrected chi connectivity index (χ3v) is 5.60. The van der Waals surface area contributed by atoms with Crippen molar-refractivity contribution in [1.82, 2.24) is 4.72 Å². The van der Waals surface area contributed by atoms with Crippen LogP contribution in [0.1, 0.15) is 18.0 Å². The van der Waals surface area contributed by atoms with E-state index in [0.717, 1.165) is 10.6 Å². The van der Waals surface area contributed by atoms with Crippen LogP contribution in [0.4, 0.5) is 4.39 Å². The van der Waals surface area contributed by atoms with Crippen LogP contribution in [0.3, 0.4) is 0 Å². The zero-order valence-corrected chi connectivity index (χ0v) is 11.9.